The van der Waals surface area contributed by atoms with Gasteiger partial charge in [0.25, 0.3) is 0 Å². The second-order valence-electron chi connectivity index (χ2n) is 8.63. The SMILES string of the molecule is Cc1cc(C)c(C2(C)CC(c3csc(N/N=C/c4ccc(O)cc4O)n3)C2)c(C)c1. The molecule has 1 fully saturated rings. The van der Waals surface area contributed by atoms with Crippen molar-refractivity contribution in [2.24, 2.45) is 5.10 Å². The highest BCUT2D eigenvalue weighted by Gasteiger charge is 2.44. The molecule has 0 amide bonds. The molecule has 1 aliphatic rings. The van der Waals surface area contributed by atoms with E-state index in [2.05, 4.69) is 55.7 Å². The number of rotatable bonds is 5. The summed E-state index contributed by atoms with van der Waals surface area (Å²) >= 11 is 1.53. The van der Waals surface area contributed by atoms with Crippen molar-refractivity contribution in [3.8, 4) is 11.5 Å². The van der Waals surface area contributed by atoms with Gasteiger partial charge in [-0.3, -0.25) is 5.43 Å². The number of hydrogen-bond acceptors (Lipinski definition) is 6. The van der Waals surface area contributed by atoms with Crippen LogP contribution in [0.2, 0.25) is 0 Å². The van der Waals surface area contributed by atoms with Gasteiger partial charge in [0.2, 0.25) is 5.13 Å². The van der Waals surface area contributed by atoms with E-state index < -0.39 is 0 Å². The lowest BCUT2D eigenvalue weighted by Gasteiger charge is -2.47. The largest absolute Gasteiger partial charge is 0.508 e. The van der Waals surface area contributed by atoms with Crippen LogP contribution in [0.4, 0.5) is 5.13 Å². The number of benzene rings is 2. The standard InChI is InChI=1S/C24H27N3O2S/c1-14-7-15(2)22(16(3)8-14)24(4)10-18(11-24)20-13-30-23(26-20)27-25-12-17-5-6-19(28)9-21(17)29/h5-9,12-13,18,28-29H,10-11H2,1-4H3,(H,26,27)/b25-12+. The Hall–Kier alpha value is -2.86. The first-order chi connectivity index (χ1) is 14.2. The van der Waals surface area contributed by atoms with Crippen molar-refractivity contribution in [1.82, 2.24) is 4.98 Å². The maximum Gasteiger partial charge on any atom is 0.203 e. The Morgan fingerprint density at radius 2 is 1.83 bits per heavy atom. The molecule has 3 aromatic rings. The number of thiazole rings is 1. The minimum absolute atomic E-state index is 0.0178. The third kappa shape index (κ3) is 3.92. The number of nitrogens with zero attached hydrogens (tertiary/aromatic N) is 2. The highest BCUT2D eigenvalue weighted by Crippen LogP contribution is 2.54. The Morgan fingerprint density at radius 1 is 1.13 bits per heavy atom. The van der Waals surface area contributed by atoms with Gasteiger partial charge in [-0.1, -0.05) is 24.6 Å². The number of hydrogen-bond donors (Lipinski definition) is 3. The van der Waals surface area contributed by atoms with Crippen molar-refractivity contribution in [1.29, 1.82) is 0 Å². The summed E-state index contributed by atoms with van der Waals surface area (Å²) in [5.41, 5.74) is 10.4. The summed E-state index contributed by atoms with van der Waals surface area (Å²) in [5.74, 6) is 0.466. The van der Waals surface area contributed by atoms with Gasteiger partial charge in [-0.05, 0) is 67.9 Å². The molecule has 0 bridgehead atoms. The van der Waals surface area contributed by atoms with Crippen LogP contribution in [0.25, 0.3) is 0 Å². The Labute approximate surface area is 181 Å². The minimum atomic E-state index is -0.0178. The molecule has 156 valence electrons. The molecule has 6 heteroatoms. The summed E-state index contributed by atoms with van der Waals surface area (Å²) in [4.78, 5) is 4.71. The van der Waals surface area contributed by atoms with E-state index in [1.54, 1.807) is 6.07 Å². The molecule has 0 atom stereocenters. The van der Waals surface area contributed by atoms with E-state index in [9.17, 15) is 10.2 Å². The van der Waals surface area contributed by atoms with Crippen LogP contribution in [0, 0.1) is 20.8 Å². The second-order valence-corrected chi connectivity index (χ2v) is 9.49. The third-order valence-corrected chi connectivity index (χ3v) is 6.76. The van der Waals surface area contributed by atoms with Gasteiger partial charge >= 0.3 is 0 Å². The van der Waals surface area contributed by atoms with Crippen molar-refractivity contribution in [2.45, 2.75) is 51.9 Å². The predicted molar refractivity (Wildman–Crippen MR) is 123 cm³/mol. The van der Waals surface area contributed by atoms with Gasteiger partial charge in [-0.2, -0.15) is 5.10 Å². The van der Waals surface area contributed by atoms with Crippen LogP contribution < -0.4 is 5.43 Å². The van der Waals surface area contributed by atoms with Gasteiger partial charge in [0.15, 0.2) is 0 Å². The van der Waals surface area contributed by atoms with E-state index in [1.165, 1.54) is 51.9 Å². The van der Waals surface area contributed by atoms with Crippen molar-refractivity contribution in [3.05, 3.63) is 69.2 Å². The Morgan fingerprint density at radius 3 is 2.50 bits per heavy atom. The van der Waals surface area contributed by atoms with E-state index in [4.69, 9.17) is 4.98 Å². The van der Waals surface area contributed by atoms with Crippen molar-refractivity contribution in [2.75, 3.05) is 5.43 Å². The van der Waals surface area contributed by atoms with E-state index in [1.807, 2.05) is 0 Å². The number of aromatic nitrogens is 1. The van der Waals surface area contributed by atoms with Crippen molar-refractivity contribution < 1.29 is 10.2 Å². The van der Waals surface area contributed by atoms with E-state index in [-0.39, 0.29) is 16.9 Å². The van der Waals surface area contributed by atoms with Gasteiger partial charge < -0.3 is 10.2 Å². The highest BCUT2D eigenvalue weighted by atomic mass is 32.1. The van der Waals surface area contributed by atoms with Crippen LogP contribution in [-0.4, -0.2) is 21.4 Å². The first-order valence-corrected chi connectivity index (χ1v) is 11.0. The maximum absolute atomic E-state index is 9.81. The lowest BCUT2D eigenvalue weighted by molar-refractivity contribution is 0.220. The average Bonchev–Trinajstić information content (AvgIpc) is 3.09. The monoisotopic (exact) mass is 421 g/mol. The average molecular weight is 422 g/mol. The van der Waals surface area contributed by atoms with Crippen LogP contribution in [-0.2, 0) is 5.41 Å². The predicted octanol–water partition coefficient (Wildman–Crippen LogP) is 5.76. The van der Waals surface area contributed by atoms with Crippen molar-refractivity contribution in [3.63, 3.8) is 0 Å². The zero-order valence-corrected chi connectivity index (χ0v) is 18.5. The molecule has 1 saturated carbocycles. The molecule has 30 heavy (non-hydrogen) atoms. The molecule has 1 aliphatic carbocycles. The molecule has 2 aromatic carbocycles. The fourth-order valence-corrected chi connectivity index (χ4v) is 5.64. The molecule has 0 radical (unpaired) electrons. The summed E-state index contributed by atoms with van der Waals surface area (Å²) in [7, 11) is 0. The van der Waals surface area contributed by atoms with Crippen molar-refractivity contribution >= 4 is 22.7 Å². The normalized spacial score (nSPS) is 21.0. The van der Waals surface area contributed by atoms with Crippen LogP contribution in [0.1, 0.15) is 59.2 Å². The summed E-state index contributed by atoms with van der Waals surface area (Å²) in [6.45, 7) is 8.98. The molecule has 5 nitrogen and oxygen atoms in total. The zero-order chi connectivity index (χ0) is 21.5. The smallest absolute Gasteiger partial charge is 0.203 e. The molecule has 4 rings (SSSR count). The quantitative estimate of drug-likeness (QED) is 0.361. The summed E-state index contributed by atoms with van der Waals surface area (Å²) < 4.78 is 0. The molecule has 0 unspecified atom stereocenters. The van der Waals surface area contributed by atoms with Crippen LogP contribution in [0.3, 0.4) is 0 Å². The molecule has 1 heterocycles. The zero-order valence-electron chi connectivity index (χ0n) is 17.7. The van der Waals surface area contributed by atoms with E-state index in [0.717, 1.165) is 23.7 Å². The summed E-state index contributed by atoms with van der Waals surface area (Å²) in [6.07, 6.45) is 3.72. The molecular weight excluding hydrogens is 394 g/mol. The number of phenols is 2. The molecule has 0 aliphatic heterocycles. The van der Waals surface area contributed by atoms with E-state index in [0.29, 0.717) is 11.5 Å². The molecule has 3 N–H and O–H groups in total. The third-order valence-electron chi connectivity index (χ3n) is 5.99. The minimum Gasteiger partial charge on any atom is -0.508 e. The fraction of sp³-hybridized carbons (Fsp3) is 0.333. The number of hydrazone groups is 1. The Balaban J connectivity index is 1.40. The maximum atomic E-state index is 9.81. The van der Waals surface area contributed by atoms with E-state index >= 15 is 0 Å². The fourth-order valence-electron chi connectivity index (χ4n) is 4.90. The number of aromatic hydroxyl groups is 2. The second kappa shape index (κ2) is 7.76. The first-order valence-electron chi connectivity index (χ1n) is 10.1. The van der Waals surface area contributed by atoms with Gasteiger partial charge in [0.1, 0.15) is 11.5 Å². The number of phenolic OH excluding ortho intramolecular Hbond substituents is 2. The molecule has 0 spiro atoms. The number of aryl methyl sites for hydroxylation is 3. The summed E-state index contributed by atoms with van der Waals surface area (Å²) in [6, 6.07) is 8.97. The molecular formula is C24H27N3O2S. The Kier molecular flexibility index (Phi) is 5.28. The van der Waals surface area contributed by atoms with Gasteiger partial charge in [0.05, 0.1) is 11.9 Å². The van der Waals surface area contributed by atoms with Crippen LogP contribution >= 0.6 is 11.3 Å². The van der Waals surface area contributed by atoms with Crippen LogP contribution in [0.15, 0.2) is 40.8 Å². The first kappa shape index (κ1) is 20.4. The number of nitrogens with one attached hydrogen (secondary N) is 1. The van der Waals surface area contributed by atoms with Gasteiger partial charge in [-0.15, -0.1) is 11.3 Å². The molecule has 1 aromatic heterocycles. The van der Waals surface area contributed by atoms with Gasteiger partial charge in [0, 0.05) is 22.9 Å². The summed E-state index contributed by atoms with van der Waals surface area (Å²) in [5, 5.41) is 26.2. The molecule has 0 saturated heterocycles. The Bertz CT molecular complexity index is 1090. The van der Waals surface area contributed by atoms with Gasteiger partial charge in [-0.25, -0.2) is 4.98 Å². The lowest BCUT2D eigenvalue weighted by atomic mass is 9.57. The highest BCUT2D eigenvalue weighted by molar-refractivity contribution is 7.13. The topological polar surface area (TPSA) is 77.7 Å². The lowest BCUT2D eigenvalue weighted by Crippen LogP contribution is -2.38. The number of anilines is 1. The van der Waals surface area contributed by atoms with Crippen LogP contribution in [0.5, 0.6) is 11.5 Å².